The molecule has 0 aromatic carbocycles. The van der Waals surface area contributed by atoms with Crippen molar-refractivity contribution < 1.29 is 14.3 Å². The van der Waals surface area contributed by atoms with Crippen molar-refractivity contribution in [3.8, 4) is 0 Å². The highest BCUT2D eigenvalue weighted by molar-refractivity contribution is 5.78. The second-order valence-corrected chi connectivity index (χ2v) is 5.90. The summed E-state index contributed by atoms with van der Waals surface area (Å²) in [4.78, 5) is 11.9. The first kappa shape index (κ1) is 13.3. The van der Waals surface area contributed by atoms with Crippen molar-refractivity contribution in [3.05, 3.63) is 0 Å². The van der Waals surface area contributed by atoms with E-state index in [4.69, 9.17) is 9.47 Å². The molecular weight excluding hydrogens is 244 g/mol. The number of carbonyl (C=O) groups is 1. The minimum Gasteiger partial charge on any atom is -0.381 e. The predicted molar refractivity (Wildman–Crippen MR) is 70.9 cm³/mol. The van der Waals surface area contributed by atoms with Crippen molar-refractivity contribution in [2.75, 3.05) is 26.4 Å². The summed E-state index contributed by atoms with van der Waals surface area (Å²) >= 11 is 0. The van der Waals surface area contributed by atoms with Crippen LogP contribution in [-0.2, 0) is 14.3 Å². The standard InChI is InChI=1S/C14H24N2O3/c17-13(16-11-3-6-18-7-4-11)9-15-12-5-8-19-14(12)10-1-2-10/h10-12,14-15H,1-9H2,(H,16,17). The Morgan fingerprint density at radius 1 is 1.05 bits per heavy atom. The van der Waals surface area contributed by atoms with E-state index in [2.05, 4.69) is 10.6 Å². The molecule has 1 amide bonds. The summed E-state index contributed by atoms with van der Waals surface area (Å²) in [7, 11) is 0. The molecule has 2 unspecified atom stereocenters. The third-order valence-electron chi connectivity index (χ3n) is 4.33. The van der Waals surface area contributed by atoms with Gasteiger partial charge in [-0.15, -0.1) is 0 Å². The summed E-state index contributed by atoms with van der Waals surface area (Å²) in [5.74, 6) is 0.840. The number of nitrogens with one attached hydrogen (secondary N) is 2. The lowest BCUT2D eigenvalue weighted by Crippen LogP contribution is -2.47. The average Bonchev–Trinajstić information content (AvgIpc) is 3.16. The SMILES string of the molecule is O=C(CNC1CCOC1C1CC1)NC1CCOCC1. The van der Waals surface area contributed by atoms with Crippen molar-refractivity contribution in [1.29, 1.82) is 0 Å². The van der Waals surface area contributed by atoms with Crippen LogP contribution in [0, 0.1) is 5.92 Å². The van der Waals surface area contributed by atoms with Crippen LogP contribution in [0.15, 0.2) is 0 Å². The fraction of sp³-hybridized carbons (Fsp3) is 0.929. The van der Waals surface area contributed by atoms with Crippen molar-refractivity contribution in [2.24, 2.45) is 5.92 Å². The van der Waals surface area contributed by atoms with Crippen molar-refractivity contribution in [3.63, 3.8) is 0 Å². The Hall–Kier alpha value is -0.650. The summed E-state index contributed by atoms with van der Waals surface area (Å²) in [5.41, 5.74) is 0. The van der Waals surface area contributed by atoms with Crippen LogP contribution in [0.25, 0.3) is 0 Å². The summed E-state index contributed by atoms with van der Waals surface area (Å²) in [6.45, 7) is 2.77. The first-order valence-electron chi connectivity index (χ1n) is 7.55. The third-order valence-corrected chi connectivity index (χ3v) is 4.33. The van der Waals surface area contributed by atoms with Crippen LogP contribution in [0.1, 0.15) is 32.1 Å². The molecule has 3 aliphatic rings. The van der Waals surface area contributed by atoms with Gasteiger partial charge in [-0.2, -0.15) is 0 Å². The van der Waals surface area contributed by atoms with Crippen molar-refractivity contribution in [2.45, 2.75) is 50.3 Å². The molecule has 5 nitrogen and oxygen atoms in total. The Kier molecular flexibility index (Phi) is 4.35. The molecule has 0 aromatic rings. The van der Waals surface area contributed by atoms with E-state index in [1.54, 1.807) is 0 Å². The molecule has 2 heterocycles. The molecule has 1 aliphatic carbocycles. The number of ether oxygens (including phenoxy) is 2. The third kappa shape index (κ3) is 3.68. The quantitative estimate of drug-likeness (QED) is 0.759. The van der Waals surface area contributed by atoms with E-state index in [-0.39, 0.29) is 5.91 Å². The van der Waals surface area contributed by atoms with Gasteiger partial charge in [0.15, 0.2) is 0 Å². The van der Waals surface area contributed by atoms with E-state index in [0.29, 0.717) is 24.7 Å². The first-order valence-corrected chi connectivity index (χ1v) is 7.55. The summed E-state index contributed by atoms with van der Waals surface area (Å²) < 4.78 is 11.0. The molecule has 3 rings (SSSR count). The lowest BCUT2D eigenvalue weighted by atomic mass is 10.1. The van der Waals surface area contributed by atoms with Gasteiger partial charge in [0, 0.05) is 31.9 Å². The van der Waals surface area contributed by atoms with Crippen LogP contribution in [0.2, 0.25) is 0 Å². The molecule has 2 saturated heterocycles. The van der Waals surface area contributed by atoms with Crippen LogP contribution < -0.4 is 10.6 Å². The number of hydrogen-bond donors (Lipinski definition) is 2. The Morgan fingerprint density at radius 2 is 1.84 bits per heavy atom. The molecule has 2 N–H and O–H groups in total. The average molecular weight is 268 g/mol. The van der Waals surface area contributed by atoms with Gasteiger partial charge in [-0.05, 0) is 38.0 Å². The lowest BCUT2D eigenvalue weighted by molar-refractivity contribution is -0.121. The van der Waals surface area contributed by atoms with Gasteiger partial charge < -0.3 is 20.1 Å². The molecule has 0 aromatic heterocycles. The zero-order valence-corrected chi connectivity index (χ0v) is 11.4. The molecule has 3 fully saturated rings. The van der Waals surface area contributed by atoms with E-state index < -0.39 is 0 Å². The Labute approximate surface area is 114 Å². The predicted octanol–water partition coefficient (Wildman–Crippen LogP) is 0.439. The van der Waals surface area contributed by atoms with Crippen molar-refractivity contribution >= 4 is 5.91 Å². The zero-order chi connectivity index (χ0) is 13.1. The molecular formula is C14H24N2O3. The van der Waals surface area contributed by atoms with Gasteiger partial charge >= 0.3 is 0 Å². The molecule has 19 heavy (non-hydrogen) atoms. The minimum atomic E-state index is 0.105. The van der Waals surface area contributed by atoms with E-state index in [1.165, 1.54) is 12.8 Å². The van der Waals surface area contributed by atoms with Crippen LogP contribution >= 0.6 is 0 Å². The van der Waals surface area contributed by atoms with Crippen LogP contribution in [0.4, 0.5) is 0 Å². The zero-order valence-electron chi connectivity index (χ0n) is 11.4. The highest BCUT2D eigenvalue weighted by Crippen LogP contribution is 2.38. The molecule has 1 saturated carbocycles. The molecule has 0 radical (unpaired) electrons. The topological polar surface area (TPSA) is 59.6 Å². The maximum absolute atomic E-state index is 11.9. The van der Waals surface area contributed by atoms with Crippen LogP contribution in [-0.4, -0.2) is 50.5 Å². The van der Waals surface area contributed by atoms with Gasteiger partial charge in [0.25, 0.3) is 0 Å². The van der Waals surface area contributed by atoms with Gasteiger partial charge in [-0.1, -0.05) is 0 Å². The molecule has 0 spiro atoms. The number of hydrogen-bond acceptors (Lipinski definition) is 4. The van der Waals surface area contributed by atoms with Crippen molar-refractivity contribution in [1.82, 2.24) is 10.6 Å². The summed E-state index contributed by atoms with van der Waals surface area (Å²) in [5, 5.41) is 6.45. The minimum absolute atomic E-state index is 0.105. The highest BCUT2D eigenvalue weighted by Gasteiger charge is 2.40. The maximum Gasteiger partial charge on any atom is 0.234 e. The molecule has 2 aliphatic heterocycles. The van der Waals surface area contributed by atoms with Crippen LogP contribution in [0.5, 0.6) is 0 Å². The monoisotopic (exact) mass is 268 g/mol. The number of carbonyl (C=O) groups excluding carboxylic acids is 1. The Balaban J connectivity index is 1.37. The Bertz CT molecular complexity index is 314. The van der Waals surface area contributed by atoms with Gasteiger partial charge in [0.05, 0.1) is 12.6 Å². The summed E-state index contributed by atoms with van der Waals surface area (Å²) in [6, 6.07) is 0.662. The maximum atomic E-state index is 11.9. The van der Waals surface area contributed by atoms with Crippen LogP contribution in [0.3, 0.4) is 0 Å². The largest absolute Gasteiger partial charge is 0.381 e. The number of amides is 1. The molecule has 2 atom stereocenters. The van der Waals surface area contributed by atoms with E-state index in [9.17, 15) is 4.79 Å². The highest BCUT2D eigenvalue weighted by atomic mass is 16.5. The number of rotatable bonds is 5. The van der Waals surface area contributed by atoms with Gasteiger partial charge in [0.1, 0.15) is 0 Å². The van der Waals surface area contributed by atoms with Gasteiger partial charge in [-0.3, -0.25) is 4.79 Å². The van der Waals surface area contributed by atoms with E-state index >= 15 is 0 Å². The lowest BCUT2D eigenvalue weighted by Gasteiger charge is -2.24. The van der Waals surface area contributed by atoms with Gasteiger partial charge in [-0.25, -0.2) is 0 Å². The molecule has 0 bridgehead atoms. The molecule has 5 heteroatoms. The fourth-order valence-electron chi connectivity index (χ4n) is 3.06. The first-order chi connectivity index (χ1) is 9.33. The Morgan fingerprint density at radius 3 is 2.58 bits per heavy atom. The molecule has 108 valence electrons. The van der Waals surface area contributed by atoms with E-state index in [0.717, 1.165) is 45.0 Å². The second kappa shape index (κ2) is 6.20. The smallest absolute Gasteiger partial charge is 0.234 e. The van der Waals surface area contributed by atoms with Gasteiger partial charge in [0.2, 0.25) is 5.91 Å². The fourth-order valence-corrected chi connectivity index (χ4v) is 3.06. The second-order valence-electron chi connectivity index (χ2n) is 5.90. The summed E-state index contributed by atoms with van der Waals surface area (Å²) in [6.07, 6.45) is 5.82. The van der Waals surface area contributed by atoms with E-state index in [1.807, 2.05) is 0 Å². The normalized spacial score (nSPS) is 32.4.